The highest BCUT2D eigenvalue weighted by Crippen LogP contribution is 2.28. The zero-order valence-electron chi connectivity index (χ0n) is 8.31. The Bertz CT molecular complexity index is 447. The standard InChI is InChI=1S/C11H10FNO3/c12-7-3-1-2-6(4-7)8-5-9(14)13-10(8)11(15)16/h1-4,8,10H,5H2,(H,13,14)(H,15,16)/t8-,10-/m1/s1. The van der Waals surface area contributed by atoms with Crippen LogP contribution in [-0.2, 0) is 9.59 Å². The van der Waals surface area contributed by atoms with Gasteiger partial charge in [0.05, 0.1) is 0 Å². The second-order valence-electron chi connectivity index (χ2n) is 3.75. The maximum absolute atomic E-state index is 13.0. The number of amides is 1. The summed E-state index contributed by atoms with van der Waals surface area (Å²) in [6.07, 6.45) is 0.0837. The number of carboxylic acids is 1. The van der Waals surface area contributed by atoms with Crippen molar-refractivity contribution in [3.63, 3.8) is 0 Å². The van der Waals surface area contributed by atoms with Crippen LogP contribution in [0.2, 0.25) is 0 Å². The number of carbonyl (C=O) groups is 2. The van der Waals surface area contributed by atoms with E-state index in [1.165, 1.54) is 18.2 Å². The van der Waals surface area contributed by atoms with Gasteiger partial charge in [-0.15, -0.1) is 0 Å². The molecule has 2 N–H and O–H groups in total. The van der Waals surface area contributed by atoms with Crippen LogP contribution in [0.5, 0.6) is 0 Å². The van der Waals surface area contributed by atoms with Crippen molar-refractivity contribution in [2.45, 2.75) is 18.4 Å². The SMILES string of the molecule is O=C1C[C@H](c2cccc(F)c2)[C@H](C(=O)O)N1. The predicted octanol–water partition coefficient (Wildman–Crippen LogP) is 0.882. The van der Waals surface area contributed by atoms with Gasteiger partial charge in [0.2, 0.25) is 5.91 Å². The molecule has 4 nitrogen and oxygen atoms in total. The monoisotopic (exact) mass is 223 g/mol. The smallest absolute Gasteiger partial charge is 0.326 e. The predicted molar refractivity (Wildman–Crippen MR) is 53.3 cm³/mol. The number of nitrogens with one attached hydrogen (secondary N) is 1. The number of hydrogen-bond donors (Lipinski definition) is 2. The molecule has 1 aromatic rings. The van der Waals surface area contributed by atoms with E-state index in [-0.39, 0.29) is 12.3 Å². The summed E-state index contributed by atoms with van der Waals surface area (Å²) >= 11 is 0. The number of halogens is 1. The van der Waals surface area contributed by atoms with Crippen LogP contribution in [-0.4, -0.2) is 23.0 Å². The lowest BCUT2D eigenvalue weighted by Gasteiger charge is -2.14. The molecule has 1 heterocycles. The van der Waals surface area contributed by atoms with Crippen LogP contribution in [0.25, 0.3) is 0 Å². The van der Waals surface area contributed by atoms with Crippen LogP contribution in [0.1, 0.15) is 17.9 Å². The van der Waals surface area contributed by atoms with Crippen LogP contribution in [0, 0.1) is 5.82 Å². The van der Waals surface area contributed by atoms with E-state index in [1.54, 1.807) is 6.07 Å². The Morgan fingerprint density at radius 3 is 2.88 bits per heavy atom. The molecule has 2 atom stereocenters. The molecule has 1 aromatic carbocycles. The molecule has 1 aliphatic heterocycles. The molecule has 0 saturated carbocycles. The van der Waals surface area contributed by atoms with Crippen molar-refractivity contribution in [2.24, 2.45) is 0 Å². The molecule has 0 unspecified atom stereocenters. The molecular weight excluding hydrogens is 213 g/mol. The fraction of sp³-hybridized carbons (Fsp3) is 0.273. The maximum Gasteiger partial charge on any atom is 0.326 e. The third-order valence-electron chi connectivity index (χ3n) is 2.67. The van der Waals surface area contributed by atoms with Crippen molar-refractivity contribution >= 4 is 11.9 Å². The molecule has 0 spiro atoms. The second-order valence-corrected chi connectivity index (χ2v) is 3.75. The van der Waals surface area contributed by atoms with Crippen LogP contribution in [0.3, 0.4) is 0 Å². The number of aliphatic carboxylic acids is 1. The molecular formula is C11H10FNO3. The van der Waals surface area contributed by atoms with Crippen LogP contribution >= 0.6 is 0 Å². The van der Waals surface area contributed by atoms with Gasteiger partial charge in [0, 0.05) is 12.3 Å². The molecule has 2 rings (SSSR count). The number of hydrogen-bond acceptors (Lipinski definition) is 2. The minimum atomic E-state index is -1.10. The summed E-state index contributed by atoms with van der Waals surface area (Å²) in [5.41, 5.74) is 0.533. The molecule has 0 aromatic heterocycles. The summed E-state index contributed by atoms with van der Waals surface area (Å²) in [5, 5.41) is 11.3. The molecule has 84 valence electrons. The first-order valence-corrected chi connectivity index (χ1v) is 4.85. The molecule has 0 radical (unpaired) electrons. The van der Waals surface area contributed by atoms with E-state index in [9.17, 15) is 14.0 Å². The van der Waals surface area contributed by atoms with Crippen molar-refractivity contribution in [3.05, 3.63) is 35.6 Å². The molecule has 1 fully saturated rings. The van der Waals surface area contributed by atoms with Gasteiger partial charge in [0.1, 0.15) is 11.9 Å². The second kappa shape index (κ2) is 3.92. The zero-order valence-corrected chi connectivity index (χ0v) is 8.31. The fourth-order valence-electron chi connectivity index (χ4n) is 1.93. The topological polar surface area (TPSA) is 66.4 Å². The zero-order chi connectivity index (χ0) is 11.7. The Hall–Kier alpha value is -1.91. The first-order chi connectivity index (χ1) is 7.58. The average Bonchev–Trinajstić information content (AvgIpc) is 2.60. The highest BCUT2D eigenvalue weighted by Gasteiger charge is 2.38. The van der Waals surface area contributed by atoms with Gasteiger partial charge in [0.15, 0.2) is 0 Å². The molecule has 1 amide bonds. The number of rotatable bonds is 2. The third-order valence-corrected chi connectivity index (χ3v) is 2.67. The fourth-order valence-corrected chi connectivity index (χ4v) is 1.93. The Morgan fingerprint density at radius 1 is 1.50 bits per heavy atom. The van der Waals surface area contributed by atoms with E-state index < -0.39 is 23.7 Å². The molecule has 0 bridgehead atoms. The lowest BCUT2D eigenvalue weighted by atomic mass is 9.92. The maximum atomic E-state index is 13.0. The van der Waals surface area contributed by atoms with Gasteiger partial charge in [-0.2, -0.15) is 0 Å². The quantitative estimate of drug-likeness (QED) is 0.782. The normalized spacial score (nSPS) is 24.2. The van der Waals surface area contributed by atoms with E-state index >= 15 is 0 Å². The van der Waals surface area contributed by atoms with Crippen molar-refractivity contribution in [3.8, 4) is 0 Å². The first-order valence-electron chi connectivity index (χ1n) is 4.85. The minimum Gasteiger partial charge on any atom is -0.480 e. The van der Waals surface area contributed by atoms with Crippen LogP contribution < -0.4 is 5.32 Å². The third kappa shape index (κ3) is 1.88. The Morgan fingerprint density at radius 2 is 2.25 bits per heavy atom. The van der Waals surface area contributed by atoms with Crippen LogP contribution in [0.4, 0.5) is 4.39 Å². The molecule has 16 heavy (non-hydrogen) atoms. The van der Waals surface area contributed by atoms with Gasteiger partial charge < -0.3 is 10.4 Å². The van der Waals surface area contributed by atoms with E-state index in [4.69, 9.17) is 5.11 Å². The van der Waals surface area contributed by atoms with E-state index in [1.807, 2.05) is 0 Å². The van der Waals surface area contributed by atoms with Crippen molar-refractivity contribution in [1.82, 2.24) is 5.32 Å². The highest BCUT2D eigenvalue weighted by molar-refractivity contribution is 5.89. The summed E-state index contributed by atoms with van der Waals surface area (Å²) in [4.78, 5) is 22.1. The highest BCUT2D eigenvalue weighted by atomic mass is 19.1. The summed E-state index contributed by atoms with van der Waals surface area (Å²) in [5.74, 6) is -2.34. The van der Waals surface area contributed by atoms with Crippen molar-refractivity contribution in [2.75, 3.05) is 0 Å². The number of carboxylic acid groups (broad SMARTS) is 1. The minimum absolute atomic E-state index is 0.0837. The lowest BCUT2D eigenvalue weighted by molar-refractivity contribution is -0.140. The summed E-state index contributed by atoms with van der Waals surface area (Å²) in [7, 11) is 0. The summed E-state index contributed by atoms with van der Waals surface area (Å²) in [6.45, 7) is 0. The lowest BCUT2D eigenvalue weighted by Crippen LogP contribution is -2.36. The molecule has 5 heteroatoms. The van der Waals surface area contributed by atoms with Crippen molar-refractivity contribution < 1.29 is 19.1 Å². The summed E-state index contributed by atoms with van der Waals surface area (Å²) < 4.78 is 13.0. The average molecular weight is 223 g/mol. The van der Waals surface area contributed by atoms with E-state index in [2.05, 4.69) is 5.32 Å². The van der Waals surface area contributed by atoms with Gasteiger partial charge >= 0.3 is 5.97 Å². The van der Waals surface area contributed by atoms with Gasteiger partial charge in [-0.05, 0) is 17.7 Å². The Kier molecular flexibility index (Phi) is 2.60. The number of carbonyl (C=O) groups excluding carboxylic acids is 1. The van der Waals surface area contributed by atoms with E-state index in [0.29, 0.717) is 5.56 Å². The van der Waals surface area contributed by atoms with Gasteiger partial charge in [-0.3, -0.25) is 4.79 Å². The first kappa shape index (κ1) is 10.6. The Balaban J connectivity index is 2.32. The molecule has 1 aliphatic rings. The van der Waals surface area contributed by atoms with Gasteiger partial charge in [-0.1, -0.05) is 12.1 Å². The van der Waals surface area contributed by atoms with Crippen molar-refractivity contribution in [1.29, 1.82) is 0 Å². The van der Waals surface area contributed by atoms with Gasteiger partial charge in [0.25, 0.3) is 0 Å². The van der Waals surface area contributed by atoms with Gasteiger partial charge in [-0.25, -0.2) is 9.18 Å². The number of benzene rings is 1. The van der Waals surface area contributed by atoms with E-state index in [0.717, 1.165) is 0 Å². The molecule has 0 aliphatic carbocycles. The summed E-state index contributed by atoms with van der Waals surface area (Å²) in [6, 6.07) is 4.72. The van der Waals surface area contributed by atoms with Crippen LogP contribution in [0.15, 0.2) is 24.3 Å². The molecule has 1 saturated heterocycles. The Labute approximate surface area is 91.1 Å². The largest absolute Gasteiger partial charge is 0.480 e.